The maximum absolute atomic E-state index is 13.7. The number of aliphatic carboxylic acids is 1. The van der Waals surface area contributed by atoms with E-state index in [9.17, 15) is 31.5 Å². The summed E-state index contributed by atoms with van der Waals surface area (Å²) >= 11 is 0. The molecule has 0 saturated heterocycles. The number of aryl methyl sites for hydroxylation is 1. The second-order valence-corrected chi connectivity index (χ2v) is 8.83. The first kappa shape index (κ1) is 27.6. The Morgan fingerprint density at radius 2 is 1.49 bits per heavy atom. The number of amides is 1. The molecule has 0 saturated carbocycles. The summed E-state index contributed by atoms with van der Waals surface area (Å²) in [6, 6.07) is 10.9. The quantitative estimate of drug-likeness (QED) is 0.188. The molecule has 0 unspecified atom stereocenters. The van der Waals surface area contributed by atoms with Crippen molar-refractivity contribution in [2.75, 3.05) is 0 Å². The number of carbonyl (C=O) groups excluding carboxylic acids is 1. The van der Waals surface area contributed by atoms with Crippen molar-refractivity contribution in [2.45, 2.75) is 37.9 Å². The van der Waals surface area contributed by atoms with Gasteiger partial charge < -0.3 is 10.4 Å². The van der Waals surface area contributed by atoms with Crippen LogP contribution in [0.5, 0.6) is 0 Å². The molecule has 202 valence electrons. The molecule has 39 heavy (non-hydrogen) atoms. The van der Waals surface area contributed by atoms with E-state index in [1.807, 2.05) is 5.32 Å². The summed E-state index contributed by atoms with van der Waals surface area (Å²) in [4.78, 5) is 32.9. The lowest BCUT2D eigenvalue weighted by Crippen LogP contribution is -2.38. The van der Waals surface area contributed by atoms with E-state index in [0.29, 0.717) is 41.7 Å². The summed E-state index contributed by atoms with van der Waals surface area (Å²) < 4.78 is 67.9. The standard InChI is InChI=1S/C28H22F5N3O3/c29-19-10-5-16(6-11-19)25-22(3-1-2-4-24(37)38)34-23-15-18(9-14-21(23)35-25)27(39)36-26(28(31,32)33)17-7-12-20(30)13-8-17/h5-15,26H,1-4H2,(H,36,39)(H,37,38)/t26-/m1/s1. The van der Waals surface area contributed by atoms with Gasteiger partial charge in [-0.3, -0.25) is 9.59 Å². The van der Waals surface area contributed by atoms with Crippen LogP contribution < -0.4 is 5.32 Å². The van der Waals surface area contributed by atoms with E-state index in [4.69, 9.17) is 5.11 Å². The van der Waals surface area contributed by atoms with Gasteiger partial charge in [-0.1, -0.05) is 12.1 Å². The van der Waals surface area contributed by atoms with E-state index in [1.165, 1.54) is 42.5 Å². The Labute approximate surface area is 219 Å². The number of carboxylic acids is 1. The van der Waals surface area contributed by atoms with Crippen LogP contribution in [0.3, 0.4) is 0 Å². The van der Waals surface area contributed by atoms with Gasteiger partial charge in [-0.05, 0) is 79.4 Å². The lowest BCUT2D eigenvalue weighted by atomic mass is 10.0. The van der Waals surface area contributed by atoms with Crippen LogP contribution >= 0.6 is 0 Å². The fourth-order valence-corrected chi connectivity index (χ4v) is 4.04. The molecule has 1 amide bonds. The summed E-state index contributed by atoms with van der Waals surface area (Å²) in [7, 11) is 0. The van der Waals surface area contributed by atoms with Gasteiger partial charge in [-0.15, -0.1) is 0 Å². The number of carboxylic acid groups (broad SMARTS) is 1. The van der Waals surface area contributed by atoms with Crippen molar-refractivity contribution in [1.29, 1.82) is 0 Å². The predicted octanol–water partition coefficient (Wildman–Crippen LogP) is 6.41. The Hall–Kier alpha value is -4.41. The molecule has 3 aromatic carbocycles. The van der Waals surface area contributed by atoms with Crippen molar-refractivity contribution in [2.24, 2.45) is 0 Å². The Morgan fingerprint density at radius 1 is 0.846 bits per heavy atom. The van der Waals surface area contributed by atoms with Crippen LogP contribution in [0.15, 0.2) is 66.7 Å². The summed E-state index contributed by atoms with van der Waals surface area (Å²) in [6.45, 7) is 0. The number of nitrogens with one attached hydrogen (secondary N) is 1. The predicted molar refractivity (Wildman–Crippen MR) is 133 cm³/mol. The minimum atomic E-state index is -4.84. The van der Waals surface area contributed by atoms with Crippen LogP contribution in [0.1, 0.15) is 46.9 Å². The topological polar surface area (TPSA) is 92.2 Å². The summed E-state index contributed by atoms with van der Waals surface area (Å²) in [5, 5.41) is 10.9. The largest absolute Gasteiger partial charge is 0.481 e. The van der Waals surface area contributed by atoms with E-state index < -0.39 is 35.7 Å². The van der Waals surface area contributed by atoms with E-state index in [1.54, 1.807) is 0 Å². The first-order valence-electron chi connectivity index (χ1n) is 11.9. The summed E-state index contributed by atoms with van der Waals surface area (Å²) in [5.74, 6) is -3.11. The SMILES string of the molecule is O=C(O)CCCCc1nc2cc(C(=O)N[C@H](c3ccc(F)cc3)C(F)(F)F)ccc2nc1-c1ccc(F)cc1. The van der Waals surface area contributed by atoms with E-state index in [2.05, 4.69) is 9.97 Å². The maximum Gasteiger partial charge on any atom is 0.412 e. The van der Waals surface area contributed by atoms with Gasteiger partial charge in [0.25, 0.3) is 5.91 Å². The molecule has 4 aromatic rings. The molecule has 4 rings (SSSR count). The highest BCUT2D eigenvalue weighted by molar-refractivity contribution is 5.97. The summed E-state index contributed by atoms with van der Waals surface area (Å²) in [6.07, 6.45) is -3.70. The highest BCUT2D eigenvalue weighted by Gasteiger charge is 2.42. The lowest BCUT2D eigenvalue weighted by molar-refractivity contribution is -0.155. The number of rotatable bonds is 9. The van der Waals surface area contributed by atoms with Crippen molar-refractivity contribution in [3.63, 3.8) is 0 Å². The molecule has 0 aliphatic carbocycles. The molecule has 1 atom stereocenters. The molecule has 11 heteroatoms. The zero-order valence-electron chi connectivity index (χ0n) is 20.3. The van der Waals surface area contributed by atoms with Gasteiger partial charge in [-0.25, -0.2) is 18.7 Å². The van der Waals surface area contributed by atoms with E-state index >= 15 is 0 Å². The fraction of sp³-hybridized carbons (Fsp3) is 0.214. The highest BCUT2D eigenvalue weighted by atomic mass is 19.4. The number of aromatic nitrogens is 2. The molecule has 0 spiro atoms. The Balaban J connectivity index is 1.66. The molecule has 0 radical (unpaired) electrons. The minimum Gasteiger partial charge on any atom is -0.481 e. The van der Waals surface area contributed by atoms with Gasteiger partial charge in [0.05, 0.1) is 22.4 Å². The second kappa shape index (κ2) is 11.5. The van der Waals surface area contributed by atoms with Crippen molar-refractivity contribution in [3.8, 4) is 11.3 Å². The molecule has 1 aromatic heterocycles. The Bertz CT molecular complexity index is 1490. The fourth-order valence-electron chi connectivity index (χ4n) is 4.04. The monoisotopic (exact) mass is 543 g/mol. The molecular weight excluding hydrogens is 521 g/mol. The van der Waals surface area contributed by atoms with Gasteiger partial charge in [0.2, 0.25) is 0 Å². The number of carbonyl (C=O) groups is 2. The number of nitrogens with zero attached hydrogens (tertiary/aromatic N) is 2. The molecule has 0 aliphatic heterocycles. The Kier molecular flexibility index (Phi) is 8.18. The van der Waals surface area contributed by atoms with Crippen LogP contribution in [-0.4, -0.2) is 33.1 Å². The Morgan fingerprint density at radius 3 is 2.10 bits per heavy atom. The zero-order chi connectivity index (χ0) is 28.2. The first-order valence-corrected chi connectivity index (χ1v) is 11.9. The first-order chi connectivity index (χ1) is 18.5. The van der Waals surface area contributed by atoms with Crippen molar-refractivity contribution < 1.29 is 36.6 Å². The van der Waals surface area contributed by atoms with Crippen LogP contribution in [0, 0.1) is 11.6 Å². The lowest BCUT2D eigenvalue weighted by Gasteiger charge is -2.22. The van der Waals surface area contributed by atoms with E-state index in [0.717, 1.165) is 24.3 Å². The van der Waals surface area contributed by atoms with Gasteiger partial charge in [0.15, 0.2) is 6.04 Å². The van der Waals surface area contributed by atoms with E-state index in [-0.39, 0.29) is 23.1 Å². The average Bonchev–Trinajstić information content (AvgIpc) is 2.89. The van der Waals surface area contributed by atoms with Crippen LogP contribution in [0.25, 0.3) is 22.3 Å². The average molecular weight is 543 g/mol. The minimum absolute atomic E-state index is 0.0361. The zero-order valence-corrected chi connectivity index (χ0v) is 20.3. The number of hydrogen-bond donors (Lipinski definition) is 2. The number of hydrogen-bond acceptors (Lipinski definition) is 4. The van der Waals surface area contributed by atoms with Crippen molar-refractivity contribution >= 4 is 22.9 Å². The second-order valence-electron chi connectivity index (χ2n) is 8.83. The number of halogens is 5. The molecule has 1 heterocycles. The highest BCUT2D eigenvalue weighted by Crippen LogP contribution is 2.33. The summed E-state index contributed by atoms with van der Waals surface area (Å²) in [5.41, 5.74) is 1.66. The molecular formula is C28H22F5N3O3. The third kappa shape index (κ3) is 6.92. The van der Waals surface area contributed by atoms with Crippen LogP contribution in [0.4, 0.5) is 22.0 Å². The van der Waals surface area contributed by atoms with Gasteiger partial charge >= 0.3 is 12.1 Å². The van der Waals surface area contributed by atoms with Crippen LogP contribution in [0.2, 0.25) is 0 Å². The van der Waals surface area contributed by atoms with Crippen molar-refractivity contribution in [1.82, 2.24) is 15.3 Å². The maximum atomic E-state index is 13.7. The molecule has 2 N–H and O–H groups in total. The normalized spacial score (nSPS) is 12.3. The number of unbranched alkanes of at least 4 members (excludes halogenated alkanes) is 1. The van der Waals surface area contributed by atoms with Gasteiger partial charge in [-0.2, -0.15) is 13.2 Å². The molecule has 0 bridgehead atoms. The third-order valence-electron chi connectivity index (χ3n) is 5.98. The molecule has 0 fully saturated rings. The number of fused-ring (bicyclic) bond motifs is 1. The van der Waals surface area contributed by atoms with Crippen LogP contribution in [-0.2, 0) is 11.2 Å². The van der Waals surface area contributed by atoms with Crippen molar-refractivity contribution in [3.05, 3.63) is 95.2 Å². The molecule has 6 nitrogen and oxygen atoms in total. The third-order valence-corrected chi connectivity index (χ3v) is 5.98. The smallest absolute Gasteiger partial charge is 0.412 e. The number of benzene rings is 3. The van der Waals surface area contributed by atoms with Gasteiger partial charge in [0, 0.05) is 17.5 Å². The molecule has 0 aliphatic rings. The number of alkyl halides is 3. The van der Waals surface area contributed by atoms with Gasteiger partial charge in [0.1, 0.15) is 11.6 Å².